The van der Waals surface area contributed by atoms with Crippen LogP contribution in [0, 0.1) is 0 Å². The molecule has 0 spiro atoms. The molecule has 2 aromatic heterocycles. The first-order chi connectivity index (χ1) is 11.7. The van der Waals surface area contributed by atoms with Gasteiger partial charge < -0.3 is 11.1 Å². The number of nitrogens with two attached hydrogens (primary N) is 1. The number of nitrogen functional groups attached to an aromatic ring is 1. The zero-order chi connectivity index (χ0) is 16.5. The fourth-order valence-corrected chi connectivity index (χ4v) is 3.07. The highest BCUT2D eigenvalue weighted by molar-refractivity contribution is 5.41. The number of hydrogen-bond donors (Lipinski definition) is 2. The van der Waals surface area contributed by atoms with Crippen LogP contribution in [-0.4, -0.2) is 20.6 Å². The number of aromatic nitrogens is 3. The van der Waals surface area contributed by atoms with Crippen molar-refractivity contribution in [2.45, 2.75) is 18.9 Å². The lowest BCUT2D eigenvalue weighted by Crippen LogP contribution is -2.22. The second-order valence-corrected chi connectivity index (χ2v) is 5.95. The molecule has 0 unspecified atom stereocenters. The van der Waals surface area contributed by atoms with Crippen molar-refractivity contribution < 1.29 is 0 Å². The molecule has 0 bridgehead atoms. The molecule has 1 aliphatic rings. The minimum absolute atomic E-state index is 0.167. The summed E-state index contributed by atoms with van der Waals surface area (Å²) in [6.07, 6.45) is 6.75. The molecular formula is C18H17N5O. The van der Waals surface area contributed by atoms with Crippen LogP contribution in [0.5, 0.6) is 0 Å². The van der Waals surface area contributed by atoms with Gasteiger partial charge in [-0.25, -0.2) is 9.97 Å². The molecule has 1 aliphatic carbocycles. The first kappa shape index (κ1) is 14.4. The quantitative estimate of drug-likeness (QED) is 0.769. The van der Waals surface area contributed by atoms with Crippen molar-refractivity contribution in [2.24, 2.45) is 0 Å². The zero-order valence-electron chi connectivity index (χ0n) is 13.0. The maximum absolute atomic E-state index is 11.9. The van der Waals surface area contributed by atoms with Gasteiger partial charge in [0.2, 0.25) is 5.95 Å². The minimum atomic E-state index is -0.167. The second kappa shape index (κ2) is 5.81. The summed E-state index contributed by atoms with van der Waals surface area (Å²) in [6, 6.07) is 11.7. The Kier molecular flexibility index (Phi) is 3.49. The van der Waals surface area contributed by atoms with Gasteiger partial charge in [-0.2, -0.15) is 0 Å². The lowest BCUT2D eigenvalue weighted by Gasteiger charge is -2.12. The number of nitrogens with one attached hydrogen (secondary N) is 1. The number of hydrogen-bond acceptors (Lipinski definition) is 5. The van der Waals surface area contributed by atoms with Crippen LogP contribution in [0.4, 0.5) is 11.6 Å². The zero-order valence-corrected chi connectivity index (χ0v) is 13.0. The van der Waals surface area contributed by atoms with Crippen LogP contribution in [0.2, 0.25) is 0 Å². The van der Waals surface area contributed by atoms with Crippen LogP contribution < -0.4 is 16.6 Å². The van der Waals surface area contributed by atoms with Crippen molar-refractivity contribution >= 4 is 11.6 Å². The molecule has 120 valence electrons. The van der Waals surface area contributed by atoms with Crippen LogP contribution in [-0.2, 0) is 12.8 Å². The SMILES string of the molecule is Nc1ccc(=O)n(-c2cnc(NC3Cc4ccccc4C3)nc2)c1. The van der Waals surface area contributed by atoms with Crippen LogP contribution in [0.25, 0.3) is 5.69 Å². The van der Waals surface area contributed by atoms with Crippen molar-refractivity contribution in [1.29, 1.82) is 0 Å². The highest BCUT2D eigenvalue weighted by Gasteiger charge is 2.21. The van der Waals surface area contributed by atoms with Crippen LogP contribution in [0.3, 0.4) is 0 Å². The Balaban J connectivity index is 1.51. The predicted molar refractivity (Wildman–Crippen MR) is 93.3 cm³/mol. The Morgan fingerprint density at radius 2 is 1.71 bits per heavy atom. The molecule has 0 atom stereocenters. The number of pyridine rings is 1. The molecule has 4 rings (SSSR count). The average Bonchev–Trinajstić information content (AvgIpc) is 3.00. The number of nitrogens with zero attached hydrogens (tertiary/aromatic N) is 3. The third kappa shape index (κ3) is 2.74. The first-order valence-electron chi connectivity index (χ1n) is 7.83. The number of rotatable bonds is 3. The van der Waals surface area contributed by atoms with Gasteiger partial charge in [0, 0.05) is 24.0 Å². The summed E-state index contributed by atoms with van der Waals surface area (Å²) in [5, 5.41) is 3.36. The summed E-state index contributed by atoms with van der Waals surface area (Å²) in [7, 11) is 0. The van der Waals surface area contributed by atoms with E-state index in [1.165, 1.54) is 21.8 Å². The molecule has 3 N–H and O–H groups in total. The monoisotopic (exact) mass is 319 g/mol. The largest absolute Gasteiger partial charge is 0.398 e. The second-order valence-electron chi connectivity index (χ2n) is 5.95. The molecule has 6 nitrogen and oxygen atoms in total. The van der Waals surface area contributed by atoms with Gasteiger partial charge in [0.05, 0.1) is 18.1 Å². The summed E-state index contributed by atoms with van der Waals surface area (Å²) in [5.74, 6) is 0.563. The Labute approximate surface area is 139 Å². The van der Waals surface area contributed by atoms with Crippen molar-refractivity contribution in [3.63, 3.8) is 0 Å². The lowest BCUT2D eigenvalue weighted by molar-refractivity contribution is 0.760. The molecule has 2 heterocycles. The van der Waals surface area contributed by atoms with E-state index in [1.807, 2.05) is 0 Å². The summed E-state index contributed by atoms with van der Waals surface area (Å²) in [4.78, 5) is 20.6. The van der Waals surface area contributed by atoms with Crippen LogP contribution in [0.15, 0.2) is 59.8 Å². The third-order valence-corrected chi connectivity index (χ3v) is 4.23. The Bertz CT molecular complexity index is 908. The molecule has 3 aromatic rings. The minimum Gasteiger partial charge on any atom is -0.398 e. The van der Waals surface area contributed by atoms with E-state index in [0.29, 0.717) is 23.4 Å². The van der Waals surface area contributed by atoms with E-state index < -0.39 is 0 Å². The van der Waals surface area contributed by atoms with Gasteiger partial charge in [0.25, 0.3) is 5.56 Å². The molecule has 0 fully saturated rings. The molecule has 0 radical (unpaired) electrons. The summed E-state index contributed by atoms with van der Waals surface area (Å²) in [5.41, 5.74) is 9.42. The van der Waals surface area contributed by atoms with E-state index in [-0.39, 0.29) is 5.56 Å². The van der Waals surface area contributed by atoms with Gasteiger partial charge in [-0.3, -0.25) is 9.36 Å². The average molecular weight is 319 g/mol. The maximum atomic E-state index is 11.9. The smallest absolute Gasteiger partial charge is 0.255 e. The van der Waals surface area contributed by atoms with Gasteiger partial charge in [0.15, 0.2) is 0 Å². The van der Waals surface area contributed by atoms with Crippen molar-refractivity contribution in [3.05, 3.63) is 76.5 Å². The van der Waals surface area contributed by atoms with Gasteiger partial charge in [0.1, 0.15) is 0 Å². The Hall–Kier alpha value is -3.15. The predicted octanol–water partition coefficient (Wildman–Crippen LogP) is 1.79. The molecule has 6 heteroatoms. The Morgan fingerprint density at radius 3 is 2.38 bits per heavy atom. The highest BCUT2D eigenvalue weighted by Crippen LogP contribution is 2.23. The molecular weight excluding hydrogens is 302 g/mol. The molecule has 0 amide bonds. The molecule has 0 saturated heterocycles. The number of benzene rings is 1. The summed E-state index contributed by atoms with van der Waals surface area (Å²) in [6.45, 7) is 0. The fourth-order valence-electron chi connectivity index (χ4n) is 3.07. The Morgan fingerprint density at radius 1 is 1.04 bits per heavy atom. The van der Waals surface area contributed by atoms with E-state index >= 15 is 0 Å². The highest BCUT2D eigenvalue weighted by atomic mass is 16.1. The standard InChI is InChI=1S/C18H17N5O/c19-14-5-6-17(24)23(11-14)16-9-20-18(21-10-16)22-15-7-12-3-1-2-4-13(12)8-15/h1-6,9-11,15H,7-8,19H2,(H,20,21,22). The van der Waals surface area contributed by atoms with Gasteiger partial charge in [-0.15, -0.1) is 0 Å². The molecule has 1 aromatic carbocycles. The molecule has 0 saturated carbocycles. The molecule has 0 aliphatic heterocycles. The van der Waals surface area contributed by atoms with Crippen molar-refractivity contribution in [1.82, 2.24) is 14.5 Å². The van der Waals surface area contributed by atoms with Crippen LogP contribution >= 0.6 is 0 Å². The van der Waals surface area contributed by atoms with Crippen molar-refractivity contribution in [3.8, 4) is 5.69 Å². The first-order valence-corrected chi connectivity index (χ1v) is 7.83. The summed E-state index contributed by atoms with van der Waals surface area (Å²) < 4.78 is 1.44. The van der Waals surface area contributed by atoms with E-state index in [2.05, 4.69) is 39.6 Å². The van der Waals surface area contributed by atoms with E-state index in [9.17, 15) is 4.79 Å². The molecule has 24 heavy (non-hydrogen) atoms. The van der Waals surface area contributed by atoms with Crippen LogP contribution in [0.1, 0.15) is 11.1 Å². The van der Waals surface area contributed by atoms with E-state index in [4.69, 9.17) is 5.73 Å². The number of fused-ring (bicyclic) bond motifs is 1. The van der Waals surface area contributed by atoms with Gasteiger partial charge >= 0.3 is 0 Å². The lowest BCUT2D eigenvalue weighted by atomic mass is 10.1. The maximum Gasteiger partial charge on any atom is 0.255 e. The fraction of sp³-hybridized carbons (Fsp3) is 0.167. The van der Waals surface area contributed by atoms with E-state index in [1.54, 1.807) is 24.7 Å². The van der Waals surface area contributed by atoms with Gasteiger partial charge in [-0.1, -0.05) is 24.3 Å². The van der Waals surface area contributed by atoms with E-state index in [0.717, 1.165) is 12.8 Å². The summed E-state index contributed by atoms with van der Waals surface area (Å²) >= 11 is 0. The number of anilines is 2. The van der Waals surface area contributed by atoms with Crippen molar-refractivity contribution in [2.75, 3.05) is 11.1 Å². The topological polar surface area (TPSA) is 85.8 Å². The van der Waals surface area contributed by atoms with Gasteiger partial charge in [-0.05, 0) is 30.0 Å². The normalized spacial score (nSPS) is 13.7. The third-order valence-electron chi connectivity index (χ3n) is 4.23.